The monoisotopic (exact) mass is 207 g/mol. The second-order valence-corrected chi connectivity index (χ2v) is 3.39. The fourth-order valence-corrected chi connectivity index (χ4v) is 1.67. The van der Waals surface area contributed by atoms with Crippen LogP contribution in [0.15, 0.2) is 9.98 Å². The van der Waals surface area contributed by atoms with E-state index in [0.29, 0.717) is 0 Å². The van der Waals surface area contributed by atoms with Crippen LogP contribution in [0.4, 0.5) is 0 Å². The summed E-state index contributed by atoms with van der Waals surface area (Å²) in [7, 11) is 0. The lowest BCUT2D eigenvalue weighted by Gasteiger charge is -1.93. The van der Waals surface area contributed by atoms with Crippen LogP contribution in [0.1, 0.15) is 18.0 Å². The van der Waals surface area contributed by atoms with Crippen molar-refractivity contribution >= 4 is 27.3 Å². The van der Waals surface area contributed by atoms with Gasteiger partial charge in [0.2, 0.25) is 0 Å². The summed E-state index contributed by atoms with van der Waals surface area (Å²) in [6.45, 7) is 1.70. The highest BCUT2D eigenvalue weighted by Crippen LogP contribution is 2.20. The van der Waals surface area contributed by atoms with Gasteiger partial charge in [-0.2, -0.15) is 0 Å². The first-order chi connectivity index (χ1) is 4.20. The molecular weight excluding hydrogens is 202 g/mol. The minimum absolute atomic E-state index is 0.443. The zero-order valence-electron chi connectivity index (χ0n) is 4.84. The van der Waals surface area contributed by atoms with E-state index in [2.05, 4.69) is 20.9 Å². The Labute approximate surface area is 65.7 Å². The van der Waals surface area contributed by atoms with Gasteiger partial charge in [-0.15, -0.1) is 11.3 Å². The van der Waals surface area contributed by atoms with Crippen molar-refractivity contribution in [2.24, 2.45) is 0 Å². The third-order valence-corrected chi connectivity index (χ3v) is 2.58. The Kier molecular flexibility index (Phi) is 2.21. The van der Waals surface area contributed by atoms with Gasteiger partial charge in [0.05, 0.1) is 0 Å². The van der Waals surface area contributed by atoms with Crippen molar-refractivity contribution in [3.63, 3.8) is 0 Å². The molecule has 0 aromatic carbocycles. The van der Waals surface area contributed by atoms with E-state index >= 15 is 0 Å². The Morgan fingerprint density at radius 2 is 2.56 bits per heavy atom. The van der Waals surface area contributed by atoms with Gasteiger partial charge in [-0.25, -0.2) is 4.98 Å². The third kappa shape index (κ3) is 1.74. The Morgan fingerprint density at radius 1 is 1.89 bits per heavy atom. The van der Waals surface area contributed by atoms with E-state index in [4.69, 9.17) is 5.11 Å². The Morgan fingerprint density at radius 3 is 2.78 bits per heavy atom. The van der Waals surface area contributed by atoms with Gasteiger partial charge in [0, 0.05) is 5.38 Å². The van der Waals surface area contributed by atoms with Crippen LogP contribution in [-0.4, -0.2) is 10.1 Å². The van der Waals surface area contributed by atoms with Crippen LogP contribution in [0.5, 0.6) is 0 Å². The Bertz CT molecular complexity index is 199. The Hall–Kier alpha value is 0.0700. The van der Waals surface area contributed by atoms with Crippen LogP contribution < -0.4 is 0 Å². The zero-order chi connectivity index (χ0) is 6.85. The van der Waals surface area contributed by atoms with Crippen LogP contribution in [0.25, 0.3) is 0 Å². The molecule has 0 fully saturated rings. The summed E-state index contributed by atoms with van der Waals surface area (Å²) in [4.78, 5) is 4.00. The van der Waals surface area contributed by atoms with Crippen molar-refractivity contribution in [3.8, 4) is 0 Å². The predicted molar refractivity (Wildman–Crippen MR) is 40.4 cm³/mol. The summed E-state index contributed by atoms with van der Waals surface area (Å²) in [6, 6.07) is 0. The minimum Gasteiger partial charge on any atom is -0.386 e. The molecule has 0 radical (unpaired) electrons. The largest absolute Gasteiger partial charge is 0.386 e. The second kappa shape index (κ2) is 2.77. The highest BCUT2D eigenvalue weighted by molar-refractivity contribution is 9.10. The second-order valence-electron chi connectivity index (χ2n) is 1.68. The lowest BCUT2D eigenvalue weighted by atomic mass is 10.4. The van der Waals surface area contributed by atoms with E-state index in [1.807, 2.05) is 5.38 Å². The van der Waals surface area contributed by atoms with E-state index in [1.165, 1.54) is 11.3 Å². The van der Waals surface area contributed by atoms with E-state index in [1.54, 1.807) is 6.92 Å². The molecule has 0 unspecified atom stereocenters. The van der Waals surface area contributed by atoms with Crippen LogP contribution >= 0.6 is 27.3 Å². The molecule has 1 aromatic heterocycles. The maximum Gasteiger partial charge on any atom is 0.122 e. The number of thiazole rings is 1. The number of aromatic nitrogens is 1. The highest BCUT2D eigenvalue weighted by atomic mass is 79.9. The first-order valence-electron chi connectivity index (χ1n) is 2.49. The first-order valence-corrected chi connectivity index (χ1v) is 4.16. The molecule has 2 nitrogen and oxygen atoms in total. The van der Waals surface area contributed by atoms with Gasteiger partial charge in [-0.3, -0.25) is 0 Å². The predicted octanol–water partition coefficient (Wildman–Crippen LogP) is 1.96. The molecule has 4 heteroatoms. The summed E-state index contributed by atoms with van der Waals surface area (Å²) in [5.74, 6) is 0. The van der Waals surface area contributed by atoms with Crippen LogP contribution in [0.3, 0.4) is 0 Å². The molecule has 0 aliphatic carbocycles. The van der Waals surface area contributed by atoms with Gasteiger partial charge < -0.3 is 5.11 Å². The van der Waals surface area contributed by atoms with Gasteiger partial charge in [0.15, 0.2) is 0 Å². The molecule has 0 spiro atoms. The molecule has 0 bridgehead atoms. The number of hydrogen-bond acceptors (Lipinski definition) is 3. The molecule has 1 atom stereocenters. The van der Waals surface area contributed by atoms with Crippen LogP contribution in [0.2, 0.25) is 0 Å². The number of aliphatic hydroxyl groups is 1. The fourth-order valence-electron chi connectivity index (χ4n) is 0.459. The van der Waals surface area contributed by atoms with Gasteiger partial charge in [-0.05, 0) is 22.9 Å². The first kappa shape index (κ1) is 7.18. The minimum atomic E-state index is -0.443. The maximum atomic E-state index is 8.96. The molecule has 0 saturated heterocycles. The van der Waals surface area contributed by atoms with Crippen molar-refractivity contribution in [2.75, 3.05) is 0 Å². The maximum absolute atomic E-state index is 8.96. The van der Waals surface area contributed by atoms with E-state index in [-0.39, 0.29) is 0 Å². The molecule has 0 aliphatic heterocycles. The lowest BCUT2D eigenvalue weighted by molar-refractivity contribution is 0.198. The summed E-state index contributed by atoms with van der Waals surface area (Å²) >= 11 is 4.64. The fraction of sp³-hybridized carbons (Fsp3) is 0.400. The number of aliphatic hydroxyl groups excluding tert-OH is 1. The topological polar surface area (TPSA) is 33.1 Å². The van der Waals surface area contributed by atoms with Crippen molar-refractivity contribution in [1.82, 2.24) is 4.98 Å². The van der Waals surface area contributed by atoms with Gasteiger partial charge in [0.25, 0.3) is 0 Å². The smallest absolute Gasteiger partial charge is 0.122 e. The number of rotatable bonds is 1. The molecule has 1 aromatic rings. The van der Waals surface area contributed by atoms with E-state index in [9.17, 15) is 0 Å². The lowest BCUT2D eigenvalue weighted by Crippen LogP contribution is -1.87. The summed E-state index contributed by atoms with van der Waals surface area (Å²) in [6.07, 6.45) is -0.443. The molecule has 0 aliphatic rings. The summed E-state index contributed by atoms with van der Waals surface area (Å²) in [5, 5.41) is 11.6. The average Bonchev–Trinajstić information content (AvgIpc) is 2.14. The van der Waals surface area contributed by atoms with Crippen molar-refractivity contribution in [3.05, 3.63) is 15.0 Å². The van der Waals surface area contributed by atoms with E-state index < -0.39 is 6.10 Å². The SMILES string of the molecule is C[C@@H](O)c1nc(Br)cs1. The van der Waals surface area contributed by atoms with Crippen molar-refractivity contribution in [1.29, 1.82) is 0 Å². The van der Waals surface area contributed by atoms with Crippen LogP contribution in [-0.2, 0) is 0 Å². The standard InChI is InChI=1S/C5H6BrNOS/c1-3(8)5-7-4(6)2-9-5/h2-3,8H,1H3/t3-/m1/s1. The molecule has 9 heavy (non-hydrogen) atoms. The van der Waals surface area contributed by atoms with E-state index in [0.717, 1.165) is 9.61 Å². The molecule has 1 heterocycles. The van der Waals surface area contributed by atoms with Crippen LogP contribution in [0, 0.1) is 0 Å². The number of nitrogens with zero attached hydrogens (tertiary/aromatic N) is 1. The summed E-state index contributed by atoms with van der Waals surface area (Å²) < 4.78 is 0.795. The quantitative estimate of drug-likeness (QED) is 0.765. The normalized spacial score (nSPS) is 13.7. The molecule has 1 N–H and O–H groups in total. The van der Waals surface area contributed by atoms with Gasteiger partial charge >= 0.3 is 0 Å². The summed E-state index contributed by atoms with van der Waals surface area (Å²) in [5.41, 5.74) is 0. The highest BCUT2D eigenvalue weighted by Gasteiger charge is 2.03. The third-order valence-electron chi connectivity index (χ3n) is 0.851. The number of hydrogen-bond donors (Lipinski definition) is 1. The van der Waals surface area contributed by atoms with Crippen molar-refractivity contribution in [2.45, 2.75) is 13.0 Å². The van der Waals surface area contributed by atoms with Crippen molar-refractivity contribution < 1.29 is 5.11 Å². The average molecular weight is 208 g/mol. The molecular formula is C5H6BrNOS. The van der Waals surface area contributed by atoms with Gasteiger partial charge in [-0.1, -0.05) is 0 Å². The van der Waals surface area contributed by atoms with Gasteiger partial charge in [0.1, 0.15) is 15.7 Å². The molecule has 1 rings (SSSR count). The molecule has 50 valence electrons. The molecule has 0 amide bonds. The number of halogens is 1. The molecule has 0 saturated carbocycles. The Balaban J connectivity index is 2.85. The zero-order valence-corrected chi connectivity index (χ0v) is 7.24.